The van der Waals surface area contributed by atoms with E-state index in [0.717, 1.165) is 49.4 Å². The van der Waals surface area contributed by atoms with Crippen molar-refractivity contribution in [2.45, 2.75) is 25.3 Å². The number of nitrogens with one attached hydrogen (secondary N) is 2. The number of anilines is 2. The molecule has 3 aromatic rings. The van der Waals surface area contributed by atoms with Crippen molar-refractivity contribution in [2.75, 3.05) is 50.4 Å². The molecule has 1 saturated heterocycles. The van der Waals surface area contributed by atoms with Crippen molar-refractivity contribution in [3.63, 3.8) is 0 Å². The summed E-state index contributed by atoms with van der Waals surface area (Å²) in [6.45, 7) is 8.44. The molecule has 0 atom stereocenters. The smallest absolute Gasteiger partial charge is 0.267 e. The number of para-hydroxylation sites is 1. The first-order valence-corrected chi connectivity index (χ1v) is 13.6. The average Bonchev–Trinajstić information content (AvgIpc) is 2.88. The van der Waals surface area contributed by atoms with Crippen LogP contribution in [0.5, 0.6) is 5.88 Å². The lowest BCUT2D eigenvalue weighted by Gasteiger charge is -2.32. The molecule has 2 aromatic carbocycles. The van der Waals surface area contributed by atoms with E-state index in [1.54, 1.807) is 6.07 Å². The highest BCUT2D eigenvalue weighted by molar-refractivity contribution is 7.92. The molecule has 2 heterocycles. The molecule has 1 aliphatic rings. The Bertz CT molecular complexity index is 1370. The molecule has 0 bridgehead atoms. The fraction of sp³-hybridized carbons (Fsp3) is 0.333. The van der Waals surface area contributed by atoms with E-state index in [2.05, 4.69) is 31.9 Å². The van der Waals surface area contributed by atoms with E-state index in [1.165, 1.54) is 19.4 Å². The lowest BCUT2D eigenvalue weighted by atomic mass is 10.1. The molecule has 9 nitrogen and oxygen atoms in total. The Hall–Kier alpha value is -3.47. The van der Waals surface area contributed by atoms with Gasteiger partial charge in [-0.3, -0.25) is 14.4 Å². The number of aromatic nitrogens is 1. The van der Waals surface area contributed by atoms with E-state index >= 15 is 0 Å². The van der Waals surface area contributed by atoms with Crippen LogP contribution >= 0.6 is 0 Å². The number of hydrogen-bond donors (Lipinski definition) is 2. The number of ether oxygens (including phenoxy) is 1. The molecule has 1 aromatic heterocycles. The minimum Gasteiger partial charge on any atom is -0.480 e. The number of rotatable bonds is 8. The van der Waals surface area contributed by atoms with Gasteiger partial charge in [-0.05, 0) is 55.8 Å². The number of piperazine rings is 1. The summed E-state index contributed by atoms with van der Waals surface area (Å²) in [7, 11) is -0.579. The molecule has 1 aliphatic heterocycles. The van der Waals surface area contributed by atoms with Crippen LogP contribution < -0.4 is 14.8 Å². The number of amides is 1. The Balaban J connectivity index is 1.53. The summed E-state index contributed by atoms with van der Waals surface area (Å²) in [5.41, 5.74) is 3.85. The van der Waals surface area contributed by atoms with Crippen LogP contribution in [0.4, 0.5) is 11.4 Å². The van der Waals surface area contributed by atoms with Crippen molar-refractivity contribution >= 4 is 27.3 Å². The predicted molar refractivity (Wildman–Crippen MR) is 145 cm³/mol. The van der Waals surface area contributed by atoms with Gasteiger partial charge in [-0.15, -0.1) is 0 Å². The van der Waals surface area contributed by atoms with Gasteiger partial charge >= 0.3 is 0 Å². The van der Waals surface area contributed by atoms with Gasteiger partial charge in [0.05, 0.1) is 24.7 Å². The zero-order valence-corrected chi connectivity index (χ0v) is 22.4. The summed E-state index contributed by atoms with van der Waals surface area (Å²) >= 11 is 0. The van der Waals surface area contributed by atoms with Crippen molar-refractivity contribution in [2.24, 2.45) is 0 Å². The summed E-state index contributed by atoms with van der Waals surface area (Å²) in [4.78, 5) is 21.7. The first kappa shape index (κ1) is 26.6. The van der Waals surface area contributed by atoms with E-state index in [0.29, 0.717) is 11.3 Å². The number of hydrogen-bond acceptors (Lipinski definition) is 7. The second-order valence-electron chi connectivity index (χ2n) is 9.34. The van der Waals surface area contributed by atoms with Gasteiger partial charge in [-0.2, -0.15) is 0 Å². The van der Waals surface area contributed by atoms with Crippen LogP contribution in [0.2, 0.25) is 0 Å². The van der Waals surface area contributed by atoms with Gasteiger partial charge in [0.1, 0.15) is 0 Å². The highest BCUT2D eigenvalue weighted by atomic mass is 32.2. The molecular formula is C27H33N5O4S. The van der Waals surface area contributed by atoms with E-state index in [9.17, 15) is 13.2 Å². The van der Waals surface area contributed by atoms with Crippen LogP contribution in [0.3, 0.4) is 0 Å². The molecule has 2 N–H and O–H groups in total. The lowest BCUT2D eigenvalue weighted by molar-refractivity contribution is 0.102. The van der Waals surface area contributed by atoms with Crippen molar-refractivity contribution in [3.8, 4) is 5.88 Å². The zero-order valence-electron chi connectivity index (χ0n) is 21.6. The molecule has 10 heteroatoms. The third kappa shape index (κ3) is 6.46. The second-order valence-corrected chi connectivity index (χ2v) is 11.0. The molecule has 1 amide bonds. The number of methoxy groups -OCH3 is 1. The van der Waals surface area contributed by atoms with Gasteiger partial charge in [0.2, 0.25) is 5.88 Å². The summed E-state index contributed by atoms with van der Waals surface area (Å²) in [6.07, 6.45) is 1.38. The van der Waals surface area contributed by atoms with Gasteiger partial charge in [0.15, 0.2) is 4.90 Å². The molecule has 1 fully saturated rings. The quantitative estimate of drug-likeness (QED) is 0.466. The Morgan fingerprint density at radius 3 is 2.38 bits per heavy atom. The van der Waals surface area contributed by atoms with Crippen molar-refractivity contribution in [1.82, 2.24) is 14.8 Å². The molecule has 37 heavy (non-hydrogen) atoms. The zero-order chi connectivity index (χ0) is 26.6. The van der Waals surface area contributed by atoms with Crippen LogP contribution in [0.1, 0.15) is 27.0 Å². The number of benzene rings is 2. The number of likely N-dealkylation sites (N-methyl/N-ethyl adjacent to an activating group) is 1. The van der Waals surface area contributed by atoms with Crippen LogP contribution in [-0.2, 0) is 16.6 Å². The number of carbonyl (C=O) groups excluding carboxylic acids is 1. The molecule has 4 rings (SSSR count). The van der Waals surface area contributed by atoms with Gasteiger partial charge < -0.3 is 15.0 Å². The third-order valence-corrected chi connectivity index (χ3v) is 7.81. The Labute approximate surface area is 218 Å². The largest absolute Gasteiger partial charge is 0.480 e. The average molecular weight is 524 g/mol. The number of carbonyl (C=O) groups is 1. The van der Waals surface area contributed by atoms with Crippen LogP contribution in [0.25, 0.3) is 0 Å². The van der Waals surface area contributed by atoms with Gasteiger partial charge in [-0.25, -0.2) is 13.4 Å². The molecule has 0 radical (unpaired) electrons. The lowest BCUT2D eigenvalue weighted by Crippen LogP contribution is -2.43. The highest BCUT2D eigenvalue weighted by Gasteiger charge is 2.24. The number of aryl methyl sites for hydroxylation is 2. The molecule has 196 valence electrons. The minimum atomic E-state index is -4.05. The van der Waals surface area contributed by atoms with Crippen molar-refractivity contribution in [1.29, 1.82) is 0 Å². The van der Waals surface area contributed by atoms with Gasteiger partial charge in [0.25, 0.3) is 15.9 Å². The number of sulfonamides is 1. The Kier molecular flexibility index (Phi) is 8.11. The number of nitrogens with zero attached hydrogens (tertiary/aromatic N) is 3. The standard InChI is InChI=1S/C27H33N5O4S/c1-19-7-5-8-20(2)25(19)30-37(34,35)24-16-23(17-28-27(24)36-4)29-26(33)22-10-6-9-21(15-22)18-32-13-11-31(3)12-14-32/h5-10,15-17,30H,11-14,18H2,1-4H3,(H,29,33). The normalized spacial score (nSPS) is 14.8. The van der Waals surface area contributed by atoms with E-state index in [-0.39, 0.29) is 22.4 Å². The molecular weight excluding hydrogens is 490 g/mol. The van der Waals surface area contributed by atoms with Crippen LogP contribution in [0.15, 0.2) is 59.6 Å². The predicted octanol–water partition coefficient (Wildman–Crippen LogP) is 3.51. The van der Waals surface area contributed by atoms with E-state index in [1.807, 2.05) is 50.2 Å². The summed E-state index contributed by atoms with van der Waals surface area (Å²) < 4.78 is 34.5. The maximum absolute atomic E-state index is 13.3. The third-order valence-electron chi connectivity index (χ3n) is 6.47. The Morgan fingerprint density at radius 2 is 1.70 bits per heavy atom. The van der Waals surface area contributed by atoms with Crippen molar-refractivity contribution in [3.05, 3.63) is 77.0 Å². The summed E-state index contributed by atoms with van der Waals surface area (Å²) in [6, 6.07) is 14.3. The molecule has 0 unspecified atom stereocenters. The molecule has 0 spiro atoms. The molecule has 0 saturated carbocycles. The van der Waals surface area contributed by atoms with Crippen LogP contribution in [0, 0.1) is 13.8 Å². The van der Waals surface area contributed by atoms with E-state index in [4.69, 9.17) is 4.74 Å². The monoisotopic (exact) mass is 523 g/mol. The number of pyridine rings is 1. The maximum atomic E-state index is 13.3. The summed E-state index contributed by atoms with van der Waals surface area (Å²) in [5, 5.41) is 2.78. The minimum absolute atomic E-state index is 0.0640. The Morgan fingerprint density at radius 1 is 1.03 bits per heavy atom. The van der Waals surface area contributed by atoms with Gasteiger partial charge in [-0.1, -0.05) is 30.3 Å². The molecule has 0 aliphatic carbocycles. The summed E-state index contributed by atoms with van der Waals surface area (Å²) in [5.74, 6) is -0.413. The van der Waals surface area contributed by atoms with Gasteiger partial charge in [0, 0.05) is 38.3 Å². The SMILES string of the molecule is COc1ncc(NC(=O)c2cccc(CN3CCN(C)CC3)c2)cc1S(=O)(=O)Nc1c(C)cccc1C. The topological polar surface area (TPSA) is 104 Å². The maximum Gasteiger partial charge on any atom is 0.267 e. The second kappa shape index (κ2) is 11.3. The first-order chi connectivity index (χ1) is 17.7. The van der Waals surface area contributed by atoms with Crippen LogP contribution in [-0.4, -0.2) is 69.4 Å². The first-order valence-electron chi connectivity index (χ1n) is 12.1. The fourth-order valence-corrected chi connectivity index (χ4v) is 5.64. The highest BCUT2D eigenvalue weighted by Crippen LogP contribution is 2.29. The fourth-order valence-electron chi connectivity index (χ4n) is 4.29. The van der Waals surface area contributed by atoms with E-state index < -0.39 is 10.0 Å². The van der Waals surface area contributed by atoms with Crippen molar-refractivity contribution < 1.29 is 17.9 Å².